The Labute approximate surface area is 81.2 Å². The highest BCUT2D eigenvalue weighted by Crippen LogP contribution is 2.10. The first-order valence-corrected chi connectivity index (χ1v) is 4.79. The summed E-state index contributed by atoms with van der Waals surface area (Å²) in [5, 5.41) is 10.2. The highest BCUT2D eigenvalue weighted by molar-refractivity contribution is 7.12. The number of nitrogens with zero attached hydrogens (tertiary/aromatic N) is 2. The number of carbonyl (C=O) groups excluding carboxylic acids is 1. The summed E-state index contributed by atoms with van der Waals surface area (Å²) in [6.07, 6.45) is 0.383. The Morgan fingerprint density at radius 3 is 3.08 bits per heavy atom. The zero-order chi connectivity index (χ0) is 9.68. The molecular weight excluding hydrogens is 184 g/mol. The molecule has 0 aromatic carbocycles. The van der Waals surface area contributed by atoms with Crippen molar-refractivity contribution in [2.24, 2.45) is 0 Å². The van der Waals surface area contributed by atoms with Gasteiger partial charge in [0, 0.05) is 13.6 Å². The van der Waals surface area contributed by atoms with E-state index in [2.05, 4.69) is 0 Å². The second-order valence-corrected chi connectivity index (χ2v) is 3.56. The van der Waals surface area contributed by atoms with Crippen LogP contribution in [0.5, 0.6) is 0 Å². The summed E-state index contributed by atoms with van der Waals surface area (Å²) in [6.45, 7) is 0.493. The number of hydrogen-bond acceptors (Lipinski definition) is 3. The van der Waals surface area contributed by atoms with E-state index in [0.29, 0.717) is 13.0 Å². The maximum absolute atomic E-state index is 11.5. The molecule has 1 rings (SSSR count). The first-order valence-electron chi connectivity index (χ1n) is 3.91. The van der Waals surface area contributed by atoms with Gasteiger partial charge in [-0.05, 0) is 11.4 Å². The van der Waals surface area contributed by atoms with Gasteiger partial charge in [0.2, 0.25) is 0 Å². The van der Waals surface area contributed by atoms with Crippen molar-refractivity contribution in [1.82, 2.24) is 4.90 Å². The van der Waals surface area contributed by atoms with E-state index in [1.807, 2.05) is 17.5 Å². The van der Waals surface area contributed by atoms with Crippen molar-refractivity contribution in [2.45, 2.75) is 6.42 Å². The van der Waals surface area contributed by atoms with Crippen LogP contribution in [0.3, 0.4) is 0 Å². The van der Waals surface area contributed by atoms with E-state index >= 15 is 0 Å². The summed E-state index contributed by atoms with van der Waals surface area (Å²) in [6, 6.07) is 5.64. The molecule has 0 atom stereocenters. The normalized spacial score (nSPS) is 9.23. The second kappa shape index (κ2) is 4.63. The van der Waals surface area contributed by atoms with Gasteiger partial charge in [-0.15, -0.1) is 11.3 Å². The summed E-state index contributed by atoms with van der Waals surface area (Å²) in [5.41, 5.74) is 0. The van der Waals surface area contributed by atoms with Crippen LogP contribution in [0.15, 0.2) is 17.5 Å². The molecule has 0 saturated heterocycles. The lowest BCUT2D eigenvalue weighted by Crippen LogP contribution is -2.26. The van der Waals surface area contributed by atoms with Crippen LogP contribution in [0.2, 0.25) is 0 Å². The molecule has 68 valence electrons. The summed E-state index contributed by atoms with van der Waals surface area (Å²) in [5.74, 6) is -0.00903. The van der Waals surface area contributed by atoms with Crippen LogP contribution in [0.1, 0.15) is 16.1 Å². The topological polar surface area (TPSA) is 44.1 Å². The molecule has 0 aliphatic carbocycles. The summed E-state index contributed by atoms with van der Waals surface area (Å²) < 4.78 is 0. The Bertz CT molecular complexity index is 313. The van der Waals surface area contributed by atoms with Crippen molar-refractivity contribution in [1.29, 1.82) is 5.26 Å². The van der Waals surface area contributed by atoms with Gasteiger partial charge in [0.1, 0.15) is 0 Å². The van der Waals surface area contributed by atoms with Crippen LogP contribution in [-0.4, -0.2) is 24.4 Å². The van der Waals surface area contributed by atoms with Crippen LogP contribution in [-0.2, 0) is 0 Å². The fourth-order valence-corrected chi connectivity index (χ4v) is 1.63. The van der Waals surface area contributed by atoms with Gasteiger partial charge in [-0.1, -0.05) is 6.07 Å². The average molecular weight is 194 g/mol. The molecule has 1 heterocycles. The van der Waals surface area contributed by atoms with E-state index < -0.39 is 0 Å². The van der Waals surface area contributed by atoms with Gasteiger partial charge in [0.25, 0.3) is 5.91 Å². The van der Waals surface area contributed by atoms with Gasteiger partial charge in [0.05, 0.1) is 17.4 Å². The first kappa shape index (κ1) is 9.75. The Balaban J connectivity index is 2.54. The molecule has 0 radical (unpaired) electrons. The fraction of sp³-hybridized carbons (Fsp3) is 0.333. The van der Waals surface area contributed by atoms with Gasteiger partial charge in [-0.25, -0.2) is 0 Å². The Kier molecular flexibility index (Phi) is 3.47. The zero-order valence-electron chi connectivity index (χ0n) is 7.36. The largest absolute Gasteiger partial charge is 0.340 e. The first-order chi connectivity index (χ1) is 6.25. The molecule has 0 aliphatic heterocycles. The SMILES string of the molecule is CN(CCC#N)C(=O)c1cccs1. The van der Waals surface area contributed by atoms with E-state index in [4.69, 9.17) is 5.26 Å². The van der Waals surface area contributed by atoms with Gasteiger partial charge >= 0.3 is 0 Å². The third kappa shape index (κ3) is 2.56. The predicted octanol–water partition coefficient (Wildman–Crippen LogP) is 1.73. The van der Waals surface area contributed by atoms with Crippen molar-refractivity contribution in [3.8, 4) is 6.07 Å². The van der Waals surface area contributed by atoms with Crippen LogP contribution < -0.4 is 0 Å². The van der Waals surface area contributed by atoms with Crippen molar-refractivity contribution in [3.63, 3.8) is 0 Å². The van der Waals surface area contributed by atoms with Crippen LogP contribution in [0, 0.1) is 11.3 Å². The summed E-state index contributed by atoms with van der Waals surface area (Å²) >= 11 is 1.42. The third-order valence-electron chi connectivity index (χ3n) is 1.64. The minimum atomic E-state index is -0.00903. The standard InChI is InChI=1S/C9H10N2OS/c1-11(6-3-5-10)9(12)8-4-2-7-13-8/h2,4,7H,3,6H2,1H3. The van der Waals surface area contributed by atoms with Crippen molar-refractivity contribution in [3.05, 3.63) is 22.4 Å². The molecule has 0 N–H and O–H groups in total. The van der Waals surface area contributed by atoms with Crippen LogP contribution >= 0.6 is 11.3 Å². The van der Waals surface area contributed by atoms with E-state index in [1.165, 1.54) is 11.3 Å². The fourth-order valence-electron chi connectivity index (χ4n) is 0.908. The molecule has 0 fully saturated rings. The van der Waals surface area contributed by atoms with Gasteiger partial charge in [-0.2, -0.15) is 5.26 Å². The number of hydrogen-bond donors (Lipinski definition) is 0. The van der Waals surface area contributed by atoms with E-state index in [1.54, 1.807) is 18.0 Å². The lowest BCUT2D eigenvalue weighted by atomic mass is 10.4. The molecule has 0 bridgehead atoms. The monoisotopic (exact) mass is 194 g/mol. The van der Waals surface area contributed by atoms with Gasteiger partial charge < -0.3 is 4.90 Å². The Morgan fingerprint density at radius 2 is 2.54 bits per heavy atom. The van der Waals surface area contributed by atoms with Crippen molar-refractivity contribution >= 4 is 17.2 Å². The smallest absolute Gasteiger partial charge is 0.263 e. The highest BCUT2D eigenvalue weighted by atomic mass is 32.1. The summed E-state index contributed by atoms with van der Waals surface area (Å²) in [4.78, 5) is 13.8. The summed E-state index contributed by atoms with van der Waals surface area (Å²) in [7, 11) is 1.71. The molecule has 13 heavy (non-hydrogen) atoms. The molecule has 1 aromatic heterocycles. The lowest BCUT2D eigenvalue weighted by Gasteiger charge is -2.13. The van der Waals surface area contributed by atoms with Crippen LogP contribution in [0.4, 0.5) is 0 Å². The quantitative estimate of drug-likeness (QED) is 0.735. The van der Waals surface area contributed by atoms with Crippen molar-refractivity contribution < 1.29 is 4.79 Å². The lowest BCUT2D eigenvalue weighted by molar-refractivity contribution is 0.0803. The van der Waals surface area contributed by atoms with Gasteiger partial charge in [-0.3, -0.25) is 4.79 Å². The Hall–Kier alpha value is -1.34. The molecule has 1 aromatic rings. The average Bonchev–Trinajstić information content (AvgIpc) is 2.65. The zero-order valence-corrected chi connectivity index (χ0v) is 8.17. The molecule has 3 nitrogen and oxygen atoms in total. The molecule has 0 aliphatic rings. The maximum Gasteiger partial charge on any atom is 0.263 e. The van der Waals surface area contributed by atoms with Crippen molar-refractivity contribution in [2.75, 3.05) is 13.6 Å². The number of amides is 1. The number of carbonyl (C=O) groups is 1. The minimum absolute atomic E-state index is 0.00903. The molecule has 4 heteroatoms. The molecule has 0 saturated carbocycles. The minimum Gasteiger partial charge on any atom is -0.340 e. The maximum atomic E-state index is 11.5. The second-order valence-electron chi connectivity index (χ2n) is 2.61. The highest BCUT2D eigenvalue weighted by Gasteiger charge is 2.11. The number of rotatable bonds is 3. The van der Waals surface area contributed by atoms with E-state index in [0.717, 1.165) is 4.88 Å². The molecule has 1 amide bonds. The number of thiophene rings is 1. The third-order valence-corrected chi connectivity index (χ3v) is 2.50. The van der Waals surface area contributed by atoms with Gasteiger partial charge in [0.15, 0.2) is 0 Å². The van der Waals surface area contributed by atoms with Crippen LogP contribution in [0.25, 0.3) is 0 Å². The number of nitriles is 1. The Morgan fingerprint density at radius 1 is 1.77 bits per heavy atom. The van der Waals surface area contributed by atoms with E-state index in [-0.39, 0.29) is 5.91 Å². The molecule has 0 unspecified atom stereocenters. The molecule has 0 spiro atoms. The predicted molar refractivity (Wildman–Crippen MR) is 51.5 cm³/mol. The van der Waals surface area contributed by atoms with E-state index in [9.17, 15) is 4.79 Å². The molecular formula is C9H10N2OS.